The standard InChI is InChI=1S/C17H18N4OS/c1-12-5-4-6-14(9-12)11-23-17-18-19-20-21(17)15-10-13(2)7-8-16(15)22-3/h4-10H,11H2,1-3H3. The van der Waals surface area contributed by atoms with Crippen LogP contribution in [-0.2, 0) is 5.75 Å². The Labute approximate surface area is 139 Å². The van der Waals surface area contributed by atoms with E-state index in [-0.39, 0.29) is 0 Å². The number of aryl methyl sites for hydroxylation is 2. The van der Waals surface area contributed by atoms with E-state index in [1.807, 2.05) is 25.1 Å². The van der Waals surface area contributed by atoms with Crippen molar-refractivity contribution in [1.29, 1.82) is 0 Å². The lowest BCUT2D eigenvalue weighted by molar-refractivity contribution is 0.410. The van der Waals surface area contributed by atoms with Crippen LogP contribution in [0.4, 0.5) is 0 Å². The Kier molecular flexibility index (Phi) is 4.62. The van der Waals surface area contributed by atoms with Gasteiger partial charge in [0.05, 0.1) is 7.11 Å². The minimum absolute atomic E-state index is 0.746. The van der Waals surface area contributed by atoms with Gasteiger partial charge >= 0.3 is 0 Å². The van der Waals surface area contributed by atoms with Crippen LogP contribution >= 0.6 is 11.8 Å². The summed E-state index contributed by atoms with van der Waals surface area (Å²) in [4.78, 5) is 0. The second-order valence-corrected chi connectivity index (χ2v) is 6.27. The molecule has 6 heteroatoms. The van der Waals surface area contributed by atoms with E-state index in [0.717, 1.165) is 27.9 Å². The van der Waals surface area contributed by atoms with Gasteiger partial charge in [0.15, 0.2) is 0 Å². The highest BCUT2D eigenvalue weighted by Crippen LogP contribution is 2.28. The molecule has 1 aromatic heterocycles. The van der Waals surface area contributed by atoms with Gasteiger partial charge in [-0.3, -0.25) is 0 Å². The molecule has 0 aliphatic rings. The first-order chi connectivity index (χ1) is 11.2. The monoisotopic (exact) mass is 326 g/mol. The number of tetrazole rings is 1. The van der Waals surface area contributed by atoms with Crippen molar-refractivity contribution in [2.45, 2.75) is 24.8 Å². The third-order valence-electron chi connectivity index (χ3n) is 3.45. The van der Waals surface area contributed by atoms with Crippen molar-refractivity contribution in [2.24, 2.45) is 0 Å². The maximum atomic E-state index is 5.43. The summed E-state index contributed by atoms with van der Waals surface area (Å²) in [6.45, 7) is 4.13. The molecule has 0 spiro atoms. The zero-order valence-electron chi connectivity index (χ0n) is 13.4. The number of nitrogens with zero attached hydrogens (tertiary/aromatic N) is 4. The summed E-state index contributed by atoms with van der Waals surface area (Å²) < 4.78 is 7.16. The largest absolute Gasteiger partial charge is 0.494 e. The average molecular weight is 326 g/mol. The first-order valence-corrected chi connectivity index (χ1v) is 8.27. The molecule has 0 atom stereocenters. The van der Waals surface area contributed by atoms with Crippen molar-refractivity contribution in [3.8, 4) is 11.4 Å². The maximum Gasteiger partial charge on any atom is 0.214 e. The maximum absolute atomic E-state index is 5.43. The average Bonchev–Trinajstić information content (AvgIpc) is 3.01. The van der Waals surface area contributed by atoms with Crippen molar-refractivity contribution in [1.82, 2.24) is 20.2 Å². The van der Waals surface area contributed by atoms with Gasteiger partial charge in [-0.1, -0.05) is 47.7 Å². The molecule has 5 nitrogen and oxygen atoms in total. The third-order valence-corrected chi connectivity index (χ3v) is 4.44. The SMILES string of the molecule is COc1ccc(C)cc1-n1nnnc1SCc1cccc(C)c1. The highest BCUT2D eigenvalue weighted by atomic mass is 32.2. The van der Waals surface area contributed by atoms with Gasteiger partial charge < -0.3 is 4.74 Å². The Bertz CT molecular complexity index is 816. The minimum atomic E-state index is 0.746. The van der Waals surface area contributed by atoms with Crippen LogP contribution in [0.2, 0.25) is 0 Å². The van der Waals surface area contributed by atoms with Gasteiger partial charge in [0.1, 0.15) is 11.4 Å². The summed E-state index contributed by atoms with van der Waals surface area (Å²) in [5.41, 5.74) is 4.49. The molecule has 1 heterocycles. The lowest BCUT2D eigenvalue weighted by Gasteiger charge is -2.10. The number of methoxy groups -OCH3 is 1. The van der Waals surface area contributed by atoms with Crippen LogP contribution in [0.3, 0.4) is 0 Å². The van der Waals surface area contributed by atoms with Crippen molar-refractivity contribution >= 4 is 11.8 Å². The fourth-order valence-electron chi connectivity index (χ4n) is 2.34. The lowest BCUT2D eigenvalue weighted by Crippen LogP contribution is -2.02. The third kappa shape index (κ3) is 3.53. The van der Waals surface area contributed by atoms with Crippen molar-refractivity contribution < 1.29 is 4.74 Å². The molecular formula is C17H18N4OS. The molecule has 3 rings (SSSR count). The molecule has 118 valence electrons. The van der Waals surface area contributed by atoms with Crippen molar-refractivity contribution in [2.75, 3.05) is 7.11 Å². The molecule has 3 aromatic rings. The van der Waals surface area contributed by atoms with Crippen LogP contribution in [0.1, 0.15) is 16.7 Å². The van der Waals surface area contributed by atoms with Crippen LogP contribution in [0.25, 0.3) is 5.69 Å². The van der Waals surface area contributed by atoms with Crippen LogP contribution in [0.5, 0.6) is 5.75 Å². The van der Waals surface area contributed by atoms with E-state index in [1.54, 1.807) is 23.6 Å². The zero-order valence-corrected chi connectivity index (χ0v) is 14.2. The summed E-state index contributed by atoms with van der Waals surface area (Å²) in [6.07, 6.45) is 0. The second kappa shape index (κ2) is 6.83. The molecule has 0 fully saturated rings. The van der Waals surface area contributed by atoms with E-state index in [1.165, 1.54) is 11.1 Å². The number of benzene rings is 2. The first-order valence-electron chi connectivity index (χ1n) is 7.29. The predicted octanol–water partition coefficient (Wildman–Crippen LogP) is 3.58. The fourth-order valence-corrected chi connectivity index (χ4v) is 3.16. The van der Waals surface area contributed by atoms with E-state index in [4.69, 9.17) is 4.74 Å². The quantitative estimate of drug-likeness (QED) is 0.671. The Morgan fingerprint density at radius 1 is 1.09 bits per heavy atom. The highest BCUT2D eigenvalue weighted by Gasteiger charge is 2.13. The molecule has 0 aliphatic heterocycles. The molecular weight excluding hydrogens is 308 g/mol. The Morgan fingerprint density at radius 2 is 1.91 bits per heavy atom. The van der Waals surface area contributed by atoms with Crippen LogP contribution < -0.4 is 4.74 Å². The zero-order chi connectivity index (χ0) is 16.2. The van der Waals surface area contributed by atoms with Crippen molar-refractivity contribution in [3.63, 3.8) is 0 Å². The highest BCUT2D eigenvalue weighted by molar-refractivity contribution is 7.98. The Balaban J connectivity index is 1.87. The van der Waals surface area contributed by atoms with Gasteiger partial charge in [-0.15, -0.1) is 5.10 Å². The van der Waals surface area contributed by atoms with Crippen LogP contribution in [-0.4, -0.2) is 27.3 Å². The number of ether oxygens (including phenoxy) is 1. The molecule has 0 N–H and O–H groups in total. The number of hydrogen-bond donors (Lipinski definition) is 0. The van der Waals surface area contributed by atoms with Gasteiger partial charge in [-0.25, -0.2) is 0 Å². The lowest BCUT2D eigenvalue weighted by atomic mass is 10.2. The fraction of sp³-hybridized carbons (Fsp3) is 0.235. The number of rotatable bonds is 5. The van der Waals surface area contributed by atoms with Crippen LogP contribution in [0, 0.1) is 13.8 Å². The van der Waals surface area contributed by atoms with Gasteiger partial charge in [-0.05, 0) is 47.5 Å². The molecule has 0 aliphatic carbocycles. The van der Waals surface area contributed by atoms with E-state index < -0.39 is 0 Å². The first kappa shape index (κ1) is 15.6. The number of thioether (sulfide) groups is 1. The van der Waals surface area contributed by atoms with Gasteiger partial charge in [0.2, 0.25) is 5.16 Å². The summed E-state index contributed by atoms with van der Waals surface area (Å²) >= 11 is 1.61. The van der Waals surface area contributed by atoms with E-state index in [0.29, 0.717) is 0 Å². The molecule has 0 bridgehead atoms. The molecule has 0 saturated heterocycles. The van der Waals surface area contributed by atoms with E-state index >= 15 is 0 Å². The summed E-state index contributed by atoms with van der Waals surface area (Å²) in [7, 11) is 1.65. The normalized spacial score (nSPS) is 10.7. The molecule has 23 heavy (non-hydrogen) atoms. The molecule has 2 aromatic carbocycles. The summed E-state index contributed by atoms with van der Waals surface area (Å²) in [5.74, 6) is 1.57. The van der Waals surface area contributed by atoms with E-state index in [9.17, 15) is 0 Å². The molecule has 0 radical (unpaired) electrons. The molecule has 0 saturated carbocycles. The predicted molar refractivity (Wildman–Crippen MR) is 91.2 cm³/mol. The molecule has 0 unspecified atom stereocenters. The second-order valence-electron chi connectivity index (χ2n) is 5.33. The summed E-state index contributed by atoms with van der Waals surface area (Å²) in [6, 6.07) is 14.4. The molecule has 0 amide bonds. The number of hydrogen-bond acceptors (Lipinski definition) is 5. The van der Waals surface area contributed by atoms with Gasteiger partial charge in [-0.2, -0.15) is 4.68 Å². The topological polar surface area (TPSA) is 52.8 Å². The van der Waals surface area contributed by atoms with Gasteiger partial charge in [0.25, 0.3) is 0 Å². The van der Waals surface area contributed by atoms with Crippen molar-refractivity contribution in [3.05, 3.63) is 59.2 Å². The number of aromatic nitrogens is 4. The van der Waals surface area contributed by atoms with Crippen LogP contribution in [0.15, 0.2) is 47.6 Å². The van der Waals surface area contributed by atoms with E-state index in [2.05, 4.69) is 46.7 Å². The smallest absolute Gasteiger partial charge is 0.214 e. The Morgan fingerprint density at radius 3 is 2.70 bits per heavy atom. The summed E-state index contributed by atoms with van der Waals surface area (Å²) in [5, 5.41) is 12.8. The van der Waals surface area contributed by atoms with Gasteiger partial charge in [0, 0.05) is 5.75 Å². The minimum Gasteiger partial charge on any atom is -0.494 e. The Hall–Kier alpha value is -2.34.